The van der Waals surface area contributed by atoms with Crippen molar-refractivity contribution in [2.75, 3.05) is 5.43 Å². The molecule has 2 heterocycles. The summed E-state index contributed by atoms with van der Waals surface area (Å²) in [6.07, 6.45) is 1.73. The molecular formula is C16H14N8. The van der Waals surface area contributed by atoms with Gasteiger partial charge in [0, 0.05) is 17.8 Å². The van der Waals surface area contributed by atoms with Crippen LogP contribution in [0, 0.1) is 23.7 Å². The molecule has 3 rings (SSSR count). The van der Waals surface area contributed by atoms with Gasteiger partial charge in [0.05, 0.1) is 17.1 Å². The van der Waals surface area contributed by atoms with E-state index in [0.29, 0.717) is 5.69 Å². The summed E-state index contributed by atoms with van der Waals surface area (Å²) in [5, 5.41) is 24.4. The van der Waals surface area contributed by atoms with Crippen LogP contribution in [0.4, 0.5) is 5.69 Å². The Balaban J connectivity index is 1.99. The van der Waals surface area contributed by atoms with E-state index in [0.717, 1.165) is 22.6 Å². The number of fused-ring (bicyclic) bond motifs is 1. The van der Waals surface area contributed by atoms with Gasteiger partial charge in [0.1, 0.15) is 6.07 Å². The van der Waals surface area contributed by atoms with Crippen molar-refractivity contribution in [2.24, 2.45) is 10.8 Å². The minimum absolute atomic E-state index is 0.172. The number of nitrogens with two attached hydrogens (primary N) is 1. The van der Waals surface area contributed by atoms with Crippen molar-refractivity contribution in [3.8, 4) is 17.3 Å². The van der Waals surface area contributed by atoms with E-state index in [2.05, 4.69) is 20.6 Å². The number of nitriles is 1. The molecule has 0 aliphatic heterocycles. The van der Waals surface area contributed by atoms with Gasteiger partial charge in [-0.1, -0.05) is 12.1 Å². The molecule has 8 nitrogen and oxygen atoms in total. The normalized spacial score (nSPS) is 11.2. The SMILES string of the molecule is Cc1cc2nccc(-c3cccc(N/N=C(\C#N)C(=N)N)c3)n2n1. The first kappa shape index (κ1) is 15.2. The summed E-state index contributed by atoms with van der Waals surface area (Å²) in [7, 11) is 0. The van der Waals surface area contributed by atoms with Crippen molar-refractivity contribution >= 4 is 22.9 Å². The Labute approximate surface area is 137 Å². The predicted octanol–water partition coefficient (Wildman–Crippen LogP) is 1.93. The number of rotatable bonds is 4. The van der Waals surface area contributed by atoms with Gasteiger partial charge in [0.15, 0.2) is 11.5 Å². The third-order valence-corrected chi connectivity index (χ3v) is 3.30. The lowest BCUT2D eigenvalue weighted by molar-refractivity contribution is 0.925. The average molecular weight is 318 g/mol. The molecule has 2 aromatic heterocycles. The molecule has 4 N–H and O–H groups in total. The van der Waals surface area contributed by atoms with Crippen molar-refractivity contribution in [3.05, 3.63) is 48.3 Å². The molecule has 0 spiro atoms. The summed E-state index contributed by atoms with van der Waals surface area (Å²) < 4.78 is 1.77. The second-order valence-electron chi connectivity index (χ2n) is 5.06. The number of hydrogen-bond acceptors (Lipinski definition) is 6. The molecule has 0 fully saturated rings. The molecular weight excluding hydrogens is 304 g/mol. The third kappa shape index (κ3) is 2.91. The van der Waals surface area contributed by atoms with Gasteiger partial charge in [0.2, 0.25) is 5.71 Å². The highest BCUT2D eigenvalue weighted by Gasteiger charge is 2.07. The molecule has 3 aromatic rings. The number of nitrogens with zero attached hydrogens (tertiary/aromatic N) is 5. The zero-order valence-corrected chi connectivity index (χ0v) is 12.9. The molecule has 8 heteroatoms. The number of hydrogen-bond donors (Lipinski definition) is 3. The van der Waals surface area contributed by atoms with Gasteiger partial charge in [-0.2, -0.15) is 15.5 Å². The first-order chi connectivity index (χ1) is 11.6. The number of amidine groups is 1. The lowest BCUT2D eigenvalue weighted by Crippen LogP contribution is -2.21. The highest BCUT2D eigenvalue weighted by atomic mass is 15.3. The lowest BCUT2D eigenvalue weighted by atomic mass is 10.1. The molecule has 0 atom stereocenters. The maximum Gasteiger partial charge on any atom is 0.201 e. The monoisotopic (exact) mass is 318 g/mol. The van der Waals surface area contributed by atoms with Gasteiger partial charge in [-0.3, -0.25) is 10.8 Å². The number of aromatic nitrogens is 3. The zero-order chi connectivity index (χ0) is 17.1. The number of anilines is 1. The van der Waals surface area contributed by atoms with Gasteiger partial charge in [-0.05, 0) is 25.1 Å². The van der Waals surface area contributed by atoms with Crippen LogP contribution in [0.25, 0.3) is 16.9 Å². The predicted molar refractivity (Wildman–Crippen MR) is 91.7 cm³/mol. The van der Waals surface area contributed by atoms with Crippen molar-refractivity contribution < 1.29 is 0 Å². The number of nitrogens with one attached hydrogen (secondary N) is 2. The second kappa shape index (κ2) is 6.18. The Hall–Kier alpha value is -3.73. The van der Waals surface area contributed by atoms with E-state index in [1.807, 2.05) is 37.3 Å². The summed E-state index contributed by atoms with van der Waals surface area (Å²) in [6.45, 7) is 1.91. The van der Waals surface area contributed by atoms with Crippen molar-refractivity contribution in [3.63, 3.8) is 0 Å². The summed E-state index contributed by atoms with van der Waals surface area (Å²) in [6, 6.07) is 13.0. The first-order valence-electron chi connectivity index (χ1n) is 7.08. The highest BCUT2D eigenvalue weighted by molar-refractivity contribution is 6.45. The maximum absolute atomic E-state index is 8.87. The Bertz CT molecular complexity index is 993. The highest BCUT2D eigenvalue weighted by Crippen LogP contribution is 2.23. The fraction of sp³-hybridized carbons (Fsp3) is 0.0625. The van der Waals surface area contributed by atoms with E-state index in [1.165, 1.54) is 0 Å². The second-order valence-corrected chi connectivity index (χ2v) is 5.06. The summed E-state index contributed by atoms with van der Waals surface area (Å²) in [4.78, 5) is 4.29. The van der Waals surface area contributed by atoms with Gasteiger partial charge in [-0.25, -0.2) is 9.50 Å². The van der Waals surface area contributed by atoms with Crippen LogP contribution in [0.2, 0.25) is 0 Å². The molecule has 118 valence electrons. The van der Waals surface area contributed by atoms with Crippen LogP contribution in [0.15, 0.2) is 47.7 Å². The Morgan fingerprint density at radius 1 is 1.38 bits per heavy atom. The van der Waals surface area contributed by atoms with Gasteiger partial charge in [-0.15, -0.1) is 0 Å². The van der Waals surface area contributed by atoms with Crippen molar-refractivity contribution in [1.82, 2.24) is 14.6 Å². The smallest absolute Gasteiger partial charge is 0.201 e. The summed E-state index contributed by atoms with van der Waals surface area (Å²) in [5.74, 6) is -0.385. The van der Waals surface area contributed by atoms with Crippen LogP contribution in [0.3, 0.4) is 0 Å². The molecule has 0 saturated carbocycles. The third-order valence-electron chi connectivity index (χ3n) is 3.30. The van der Waals surface area contributed by atoms with Crippen LogP contribution in [0.1, 0.15) is 5.69 Å². The number of benzene rings is 1. The largest absolute Gasteiger partial charge is 0.382 e. The Morgan fingerprint density at radius 3 is 2.96 bits per heavy atom. The summed E-state index contributed by atoms with van der Waals surface area (Å²) >= 11 is 0. The van der Waals surface area contributed by atoms with Crippen molar-refractivity contribution in [2.45, 2.75) is 6.92 Å². The van der Waals surface area contributed by atoms with Crippen LogP contribution < -0.4 is 11.2 Å². The molecule has 24 heavy (non-hydrogen) atoms. The minimum Gasteiger partial charge on any atom is -0.382 e. The molecule has 0 bridgehead atoms. The van der Waals surface area contributed by atoms with Crippen LogP contribution in [0.5, 0.6) is 0 Å². The fourth-order valence-corrected chi connectivity index (χ4v) is 2.24. The molecule has 0 amide bonds. The van der Waals surface area contributed by atoms with E-state index in [-0.39, 0.29) is 11.5 Å². The fourth-order valence-electron chi connectivity index (χ4n) is 2.24. The average Bonchev–Trinajstić information content (AvgIpc) is 2.95. The van der Waals surface area contributed by atoms with Crippen LogP contribution in [-0.4, -0.2) is 26.1 Å². The van der Waals surface area contributed by atoms with Gasteiger partial charge >= 0.3 is 0 Å². The van der Waals surface area contributed by atoms with E-state index >= 15 is 0 Å². The molecule has 0 aliphatic carbocycles. The molecule has 0 radical (unpaired) electrons. The Morgan fingerprint density at radius 2 is 2.21 bits per heavy atom. The van der Waals surface area contributed by atoms with E-state index in [1.54, 1.807) is 22.8 Å². The van der Waals surface area contributed by atoms with E-state index < -0.39 is 0 Å². The van der Waals surface area contributed by atoms with Crippen LogP contribution in [-0.2, 0) is 0 Å². The standard InChI is InChI=1S/C16H14N8/c1-10-7-15-20-6-5-14(24(15)23-10)11-3-2-4-12(8-11)21-22-13(9-17)16(18)19/h2-8,21H,1H3,(H3,18,19)/b22-13+. The topological polar surface area (TPSA) is 128 Å². The van der Waals surface area contributed by atoms with E-state index in [9.17, 15) is 0 Å². The first-order valence-corrected chi connectivity index (χ1v) is 7.08. The molecule has 0 saturated heterocycles. The lowest BCUT2D eigenvalue weighted by Gasteiger charge is -2.07. The molecule has 0 aliphatic rings. The zero-order valence-electron chi connectivity index (χ0n) is 12.9. The maximum atomic E-state index is 8.87. The molecule has 1 aromatic carbocycles. The van der Waals surface area contributed by atoms with Crippen molar-refractivity contribution in [1.29, 1.82) is 10.7 Å². The minimum atomic E-state index is -0.385. The van der Waals surface area contributed by atoms with Crippen LogP contribution >= 0.6 is 0 Å². The number of hydrazone groups is 1. The van der Waals surface area contributed by atoms with Gasteiger partial charge < -0.3 is 5.73 Å². The van der Waals surface area contributed by atoms with E-state index in [4.69, 9.17) is 16.4 Å². The summed E-state index contributed by atoms with van der Waals surface area (Å²) in [5.41, 5.74) is 11.9. The number of aryl methyl sites for hydroxylation is 1. The molecule has 0 unspecified atom stereocenters. The Kier molecular flexibility index (Phi) is 3.91. The quantitative estimate of drug-likeness (QED) is 0.384. The van der Waals surface area contributed by atoms with Gasteiger partial charge in [0.25, 0.3) is 0 Å².